The van der Waals surface area contributed by atoms with Crippen LogP contribution in [-0.2, 0) is 6.54 Å². The molecule has 0 N–H and O–H groups in total. The molecule has 0 spiro atoms. The lowest BCUT2D eigenvalue weighted by molar-refractivity contribution is 0.593. The number of hydrogen-bond acceptors (Lipinski definition) is 0. The maximum Gasteiger partial charge on any atom is 0.0481 e. The second-order valence-electron chi connectivity index (χ2n) is 4.27. The van der Waals surface area contributed by atoms with Crippen LogP contribution < -0.4 is 0 Å². The monoisotopic (exact) mass is 235 g/mol. The summed E-state index contributed by atoms with van der Waals surface area (Å²) in [5, 5.41) is 2.05. The van der Waals surface area contributed by atoms with Crippen molar-refractivity contribution >= 4 is 22.5 Å². The van der Waals surface area contributed by atoms with Crippen LogP contribution in [0.5, 0.6) is 0 Å². The minimum absolute atomic E-state index is 0.816. The summed E-state index contributed by atoms with van der Waals surface area (Å²) in [4.78, 5) is 0. The molecule has 0 aliphatic carbocycles. The summed E-state index contributed by atoms with van der Waals surface area (Å²) in [6.45, 7) is 3.36. The van der Waals surface area contributed by atoms with Crippen LogP contribution in [0.2, 0.25) is 5.02 Å². The third-order valence-corrected chi connectivity index (χ3v) is 3.22. The molecular formula is C14H18ClN. The molecule has 0 aliphatic heterocycles. The molecule has 1 heterocycles. The number of unbranched alkanes of at least 4 members (excludes halogenated alkanes) is 3. The van der Waals surface area contributed by atoms with Crippen molar-refractivity contribution < 1.29 is 0 Å². The van der Waals surface area contributed by atoms with Crippen LogP contribution in [0.1, 0.15) is 32.6 Å². The summed E-state index contributed by atoms with van der Waals surface area (Å²) < 4.78 is 2.32. The van der Waals surface area contributed by atoms with Crippen LogP contribution in [-0.4, -0.2) is 4.57 Å². The highest BCUT2D eigenvalue weighted by atomic mass is 35.5. The van der Waals surface area contributed by atoms with E-state index in [0.717, 1.165) is 11.6 Å². The molecule has 2 heteroatoms. The van der Waals surface area contributed by atoms with Crippen molar-refractivity contribution in [1.82, 2.24) is 4.57 Å². The van der Waals surface area contributed by atoms with Crippen molar-refractivity contribution in [3.8, 4) is 0 Å². The van der Waals surface area contributed by atoms with E-state index in [4.69, 9.17) is 11.6 Å². The van der Waals surface area contributed by atoms with E-state index in [2.05, 4.69) is 29.8 Å². The lowest BCUT2D eigenvalue weighted by atomic mass is 10.2. The number of aryl methyl sites for hydroxylation is 1. The number of aromatic nitrogens is 1. The zero-order chi connectivity index (χ0) is 11.4. The first kappa shape index (κ1) is 11.5. The summed E-state index contributed by atoms with van der Waals surface area (Å²) in [5.74, 6) is 0. The Kier molecular flexibility index (Phi) is 3.89. The zero-order valence-corrected chi connectivity index (χ0v) is 10.5. The van der Waals surface area contributed by atoms with E-state index in [1.807, 2.05) is 12.1 Å². The largest absolute Gasteiger partial charge is 0.347 e. The number of halogens is 1. The molecule has 1 aromatic heterocycles. The summed E-state index contributed by atoms with van der Waals surface area (Å²) in [6, 6.07) is 8.24. The normalized spacial score (nSPS) is 11.1. The molecule has 0 fully saturated rings. The number of rotatable bonds is 5. The Morgan fingerprint density at radius 3 is 2.81 bits per heavy atom. The average Bonchev–Trinajstić information content (AvgIpc) is 2.67. The van der Waals surface area contributed by atoms with Gasteiger partial charge in [0.2, 0.25) is 0 Å². The second-order valence-corrected chi connectivity index (χ2v) is 4.71. The lowest BCUT2D eigenvalue weighted by Gasteiger charge is -2.05. The molecule has 0 aliphatic rings. The summed E-state index contributed by atoms with van der Waals surface area (Å²) in [6.07, 6.45) is 7.38. The van der Waals surface area contributed by atoms with E-state index in [1.54, 1.807) is 0 Å². The lowest BCUT2D eigenvalue weighted by Crippen LogP contribution is -1.95. The summed E-state index contributed by atoms with van der Waals surface area (Å²) in [7, 11) is 0. The Labute approximate surface area is 102 Å². The van der Waals surface area contributed by atoms with Gasteiger partial charge in [-0.05, 0) is 30.7 Å². The van der Waals surface area contributed by atoms with Crippen molar-refractivity contribution in [1.29, 1.82) is 0 Å². The van der Waals surface area contributed by atoms with Gasteiger partial charge in [0.25, 0.3) is 0 Å². The molecule has 86 valence electrons. The number of nitrogens with zero attached hydrogens (tertiary/aromatic N) is 1. The first-order chi connectivity index (χ1) is 7.81. The van der Waals surface area contributed by atoms with Crippen LogP contribution in [0, 0.1) is 0 Å². The van der Waals surface area contributed by atoms with Gasteiger partial charge in [-0.3, -0.25) is 0 Å². The Bertz CT molecular complexity index is 459. The highest BCUT2D eigenvalue weighted by Crippen LogP contribution is 2.20. The van der Waals surface area contributed by atoms with Crippen molar-refractivity contribution in [2.24, 2.45) is 0 Å². The van der Waals surface area contributed by atoms with E-state index in [-0.39, 0.29) is 0 Å². The standard InChI is InChI=1S/C14H18ClN/c1-2-3-4-5-9-16-10-8-12-11-13(15)6-7-14(12)16/h6-8,10-11H,2-5,9H2,1H3. The van der Waals surface area contributed by atoms with Crippen molar-refractivity contribution in [3.63, 3.8) is 0 Å². The quantitative estimate of drug-likeness (QED) is 0.652. The molecule has 0 bridgehead atoms. The van der Waals surface area contributed by atoms with E-state index in [1.165, 1.54) is 36.6 Å². The van der Waals surface area contributed by atoms with Gasteiger partial charge in [0.1, 0.15) is 0 Å². The predicted octanol–water partition coefficient (Wildman–Crippen LogP) is 4.88. The molecule has 0 amide bonds. The van der Waals surface area contributed by atoms with Gasteiger partial charge in [-0.1, -0.05) is 37.8 Å². The molecule has 16 heavy (non-hydrogen) atoms. The first-order valence-corrected chi connectivity index (χ1v) is 6.43. The van der Waals surface area contributed by atoms with Crippen LogP contribution in [0.15, 0.2) is 30.5 Å². The van der Waals surface area contributed by atoms with Gasteiger partial charge in [-0.2, -0.15) is 0 Å². The van der Waals surface area contributed by atoms with Gasteiger partial charge >= 0.3 is 0 Å². The Morgan fingerprint density at radius 1 is 1.12 bits per heavy atom. The molecule has 0 unspecified atom stereocenters. The van der Waals surface area contributed by atoms with Crippen LogP contribution in [0.3, 0.4) is 0 Å². The van der Waals surface area contributed by atoms with Crippen LogP contribution >= 0.6 is 11.6 Å². The van der Waals surface area contributed by atoms with Crippen molar-refractivity contribution in [2.45, 2.75) is 39.2 Å². The third-order valence-electron chi connectivity index (χ3n) is 2.99. The summed E-state index contributed by atoms with van der Waals surface area (Å²) in [5.41, 5.74) is 1.29. The Hall–Kier alpha value is -0.950. The number of hydrogen-bond donors (Lipinski definition) is 0. The predicted molar refractivity (Wildman–Crippen MR) is 71.1 cm³/mol. The molecule has 0 saturated heterocycles. The average molecular weight is 236 g/mol. The highest BCUT2D eigenvalue weighted by Gasteiger charge is 2.00. The third kappa shape index (κ3) is 2.59. The maximum atomic E-state index is 5.96. The smallest absolute Gasteiger partial charge is 0.0481 e. The SMILES string of the molecule is CCCCCCn1ccc2cc(Cl)ccc21. The fraction of sp³-hybridized carbons (Fsp3) is 0.429. The van der Waals surface area contributed by atoms with Gasteiger partial charge in [0.05, 0.1) is 0 Å². The Morgan fingerprint density at radius 2 is 2.00 bits per heavy atom. The minimum atomic E-state index is 0.816. The van der Waals surface area contributed by atoms with E-state index in [0.29, 0.717) is 0 Å². The molecular weight excluding hydrogens is 218 g/mol. The fourth-order valence-electron chi connectivity index (χ4n) is 2.07. The van der Waals surface area contributed by atoms with Crippen LogP contribution in [0.25, 0.3) is 10.9 Å². The molecule has 0 radical (unpaired) electrons. The van der Waals surface area contributed by atoms with E-state index < -0.39 is 0 Å². The van der Waals surface area contributed by atoms with E-state index >= 15 is 0 Å². The molecule has 1 nitrogen and oxygen atoms in total. The molecule has 0 saturated carbocycles. The molecule has 2 aromatic rings. The number of benzene rings is 1. The Balaban J connectivity index is 2.07. The van der Waals surface area contributed by atoms with Crippen molar-refractivity contribution in [2.75, 3.05) is 0 Å². The van der Waals surface area contributed by atoms with Gasteiger partial charge in [0.15, 0.2) is 0 Å². The highest BCUT2D eigenvalue weighted by molar-refractivity contribution is 6.31. The van der Waals surface area contributed by atoms with Gasteiger partial charge in [-0.15, -0.1) is 0 Å². The second kappa shape index (κ2) is 5.40. The van der Waals surface area contributed by atoms with Crippen LogP contribution in [0.4, 0.5) is 0 Å². The zero-order valence-electron chi connectivity index (χ0n) is 9.75. The van der Waals surface area contributed by atoms with Gasteiger partial charge in [0, 0.05) is 28.7 Å². The fourth-order valence-corrected chi connectivity index (χ4v) is 2.26. The van der Waals surface area contributed by atoms with Gasteiger partial charge in [-0.25, -0.2) is 0 Å². The topological polar surface area (TPSA) is 4.93 Å². The van der Waals surface area contributed by atoms with Crippen molar-refractivity contribution in [3.05, 3.63) is 35.5 Å². The molecule has 0 atom stereocenters. The summed E-state index contributed by atoms with van der Waals surface area (Å²) >= 11 is 5.96. The maximum absolute atomic E-state index is 5.96. The molecule has 2 rings (SSSR count). The first-order valence-electron chi connectivity index (χ1n) is 6.05. The number of fused-ring (bicyclic) bond motifs is 1. The minimum Gasteiger partial charge on any atom is -0.347 e. The van der Waals surface area contributed by atoms with E-state index in [9.17, 15) is 0 Å². The van der Waals surface area contributed by atoms with Gasteiger partial charge < -0.3 is 4.57 Å². The molecule has 1 aromatic carbocycles.